The minimum Gasteiger partial charge on any atom is -0.316 e. The molecule has 0 aliphatic heterocycles. The Balaban J connectivity index is 2.32. The highest BCUT2D eigenvalue weighted by atomic mass is 19.1. The second kappa shape index (κ2) is 5.76. The van der Waals surface area contributed by atoms with Gasteiger partial charge in [-0.1, -0.05) is 57.2 Å². The highest BCUT2D eigenvalue weighted by Gasteiger charge is 2.13. The van der Waals surface area contributed by atoms with Crippen LogP contribution in [0.4, 0.5) is 4.39 Å². The monoisotopic (exact) mass is 271 g/mol. The van der Waals surface area contributed by atoms with Gasteiger partial charge in [-0.05, 0) is 35.2 Å². The molecule has 0 bridgehead atoms. The van der Waals surface area contributed by atoms with E-state index in [4.69, 9.17) is 0 Å². The molecular formula is C18H22FN. The first-order chi connectivity index (χ1) is 9.41. The van der Waals surface area contributed by atoms with Crippen LogP contribution in [0.3, 0.4) is 0 Å². The molecule has 0 atom stereocenters. The molecule has 0 amide bonds. The summed E-state index contributed by atoms with van der Waals surface area (Å²) in [7, 11) is 1.86. The summed E-state index contributed by atoms with van der Waals surface area (Å²) in [5, 5.41) is 3.03. The predicted octanol–water partition coefficient (Wildman–Crippen LogP) is 4.51. The molecule has 1 N–H and O–H groups in total. The normalized spacial score (nSPS) is 11.7. The van der Waals surface area contributed by atoms with Crippen molar-refractivity contribution < 1.29 is 4.39 Å². The van der Waals surface area contributed by atoms with Crippen molar-refractivity contribution in [2.24, 2.45) is 0 Å². The average molecular weight is 271 g/mol. The number of hydrogen-bond acceptors (Lipinski definition) is 1. The third-order valence-corrected chi connectivity index (χ3v) is 3.48. The highest BCUT2D eigenvalue weighted by molar-refractivity contribution is 5.65. The molecule has 0 aromatic heterocycles. The maximum absolute atomic E-state index is 14.2. The second-order valence-corrected chi connectivity index (χ2v) is 6.17. The summed E-state index contributed by atoms with van der Waals surface area (Å²) < 4.78 is 14.2. The van der Waals surface area contributed by atoms with Crippen LogP contribution in [-0.4, -0.2) is 7.05 Å². The molecule has 20 heavy (non-hydrogen) atoms. The Morgan fingerprint density at radius 3 is 2.15 bits per heavy atom. The lowest BCUT2D eigenvalue weighted by atomic mass is 9.86. The van der Waals surface area contributed by atoms with Crippen molar-refractivity contribution in [1.82, 2.24) is 5.32 Å². The Bertz CT molecular complexity index is 579. The zero-order chi connectivity index (χ0) is 14.8. The van der Waals surface area contributed by atoms with E-state index in [1.54, 1.807) is 6.07 Å². The van der Waals surface area contributed by atoms with Crippen LogP contribution >= 0.6 is 0 Å². The number of halogens is 1. The van der Waals surface area contributed by atoms with E-state index in [-0.39, 0.29) is 11.2 Å². The van der Waals surface area contributed by atoms with Crippen LogP contribution in [0.1, 0.15) is 31.9 Å². The number of hydrogen-bond donors (Lipinski definition) is 1. The fraction of sp³-hybridized carbons (Fsp3) is 0.333. The first-order valence-corrected chi connectivity index (χ1v) is 6.96. The van der Waals surface area contributed by atoms with Gasteiger partial charge in [0, 0.05) is 12.1 Å². The van der Waals surface area contributed by atoms with Gasteiger partial charge in [-0.15, -0.1) is 0 Å². The molecule has 2 heteroatoms. The van der Waals surface area contributed by atoms with Gasteiger partial charge in [-0.3, -0.25) is 0 Å². The van der Waals surface area contributed by atoms with Crippen molar-refractivity contribution in [3.8, 4) is 11.1 Å². The molecule has 2 aromatic rings. The van der Waals surface area contributed by atoms with Crippen molar-refractivity contribution in [1.29, 1.82) is 0 Å². The quantitative estimate of drug-likeness (QED) is 0.866. The summed E-state index contributed by atoms with van der Waals surface area (Å²) in [4.78, 5) is 0. The lowest BCUT2D eigenvalue weighted by Gasteiger charge is -2.19. The molecule has 1 nitrogen and oxygen atoms in total. The maximum atomic E-state index is 14.2. The van der Waals surface area contributed by atoms with Crippen molar-refractivity contribution in [3.05, 3.63) is 59.4 Å². The first kappa shape index (κ1) is 14.7. The van der Waals surface area contributed by atoms with Crippen molar-refractivity contribution in [3.63, 3.8) is 0 Å². The van der Waals surface area contributed by atoms with E-state index in [1.807, 2.05) is 31.3 Å². The molecule has 0 spiro atoms. The molecule has 0 fully saturated rings. The predicted molar refractivity (Wildman–Crippen MR) is 83.3 cm³/mol. The van der Waals surface area contributed by atoms with E-state index < -0.39 is 0 Å². The van der Waals surface area contributed by atoms with Crippen LogP contribution in [0.15, 0.2) is 42.5 Å². The van der Waals surface area contributed by atoms with E-state index in [0.717, 1.165) is 11.1 Å². The smallest absolute Gasteiger partial charge is 0.131 e. The summed E-state index contributed by atoms with van der Waals surface area (Å²) in [5.41, 5.74) is 3.92. The van der Waals surface area contributed by atoms with Gasteiger partial charge in [0.25, 0.3) is 0 Å². The molecule has 0 radical (unpaired) electrons. The fourth-order valence-corrected chi connectivity index (χ4v) is 2.26. The Kier molecular flexibility index (Phi) is 4.24. The molecule has 2 aromatic carbocycles. The summed E-state index contributed by atoms with van der Waals surface area (Å²) in [5.74, 6) is -0.166. The van der Waals surface area contributed by atoms with E-state index >= 15 is 0 Å². The third kappa shape index (κ3) is 3.26. The third-order valence-electron chi connectivity index (χ3n) is 3.48. The number of rotatable bonds is 3. The molecule has 0 aliphatic carbocycles. The molecule has 2 rings (SSSR count). The first-order valence-electron chi connectivity index (χ1n) is 6.96. The number of benzene rings is 2. The van der Waals surface area contributed by atoms with Gasteiger partial charge in [0.15, 0.2) is 0 Å². The molecule has 0 unspecified atom stereocenters. The van der Waals surface area contributed by atoms with Gasteiger partial charge >= 0.3 is 0 Å². The van der Waals surface area contributed by atoms with Crippen LogP contribution in [0.5, 0.6) is 0 Å². The van der Waals surface area contributed by atoms with E-state index in [9.17, 15) is 4.39 Å². The van der Waals surface area contributed by atoms with Crippen LogP contribution < -0.4 is 5.32 Å². The summed E-state index contributed by atoms with van der Waals surface area (Å²) in [6, 6.07) is 13.6. The minimum absolute atomic E-state index is 0.119. The van der Waals surface area contributed by atoms with E-state index in [0.29, 0.717) is 12.1 Å². The average Bonchev–Trinajstić information content (AvgIpc) is 2.38. The SMILES string of the molecule is CNCc1ccc(-c2ccc(C(C)(C)C)cc2)c(F)c1. The van der Waals surface area contributed by atoms with Crippen LogP contribution in [0, 0.1) is 5.82 Å². The largest absolute Gasteiger partial charge is 0.316 e. The van der Waals surface area contributed by atoms with Gasteiger partial charge in [-0.2, -0.15) is 0 Å². The van der Waals surface area contributed by atoms with Crippen LogP contribution in [0.2, 0.25) is 0 Å². The molecule has 0 aliphatic rings. The maximum Gasteiger partial charge on any atom is 0.131 e. The lowest BCUT2D eigenvalue weighted by molar-refractivity contribution is 0.590. The fourth-order valence-electron chi connectivity index (χ4n) is 2.26. The van der Waals surface area contributed by atoms with Crippen molar-refractivity contribution in [2.45, 2.75) is 32.7 Å². The minimum atomic E-state index is -0.166. The zero-order valence-electron chi connectivity index (χ0n) is 12.6. The van der Waals surface area contributed by atoms with E-state index in [1.165, 1.54) is 5.56 Å². The van der Waals surface area contributed by atoms with Gasteiger partial charge in [0.05, 0.1) is 0 Å². The second-order valence-electron chi connectivity index (χ2n) is 6.17. The number of nitrogens with one attached hydrogen (secondary N) is 1. The highest BCUT2D eigenvalue weighted by Crippen LogP contribution is 2.28. The molecule has 0 saturated heterocycles. The Morgan fingerprint density at radius 2 is 1.65 bits per heavy atom. The van der Waals surface area contributed by atoms with Crippen molar-refractivity contribution in [2.75, 3.05) is 7.05 Å². The Morgan fingerprint density at radius 1 is 1.00 bits per heavy atom. The molecule has 0 heterocycles. The van der Waals surface area contributed by atoms with Gasteiger partial charge in [0.1, 0.15) is 5.82 Å². The summed E-state index contributed by atoms with van der Waals surface area (Å²) in [6.07, 6.45) is 0. The summed E-state index contributed by atoms with van der Waals surface area (Å²) in [6.45, 7) is 7.21. The zero-order valence-corrected chi connectivity index (χ0v) is 12.6. The van der Waals surface area contributed by atoms with Crippen LogP contribution in [0.25, 0.3) is 11.1 Å². The molecular weight excluding hydrogens is 249 g/mol. The lowest BCUT2D eigenvalue weighted by Crippen LogP contribution is -2.10. The summed E-state index contributed by atoms with van der Waals surface area (Å²) >= 11 is 0. The molecule has 0 saturated carbocycles. The molecule has 106 valence electrons. The standard InChI is InChI=1S/C18H22FN/c1-18(2,3)15-8-6-14(7-9-15)16-10-5-13(12-20-4)11-17(16)19/h5-11,20H,12H2,1-4H3. The topological polar surface area (TPSA) is 12.0 Å². The van der Waals surface area contributed by atoms with Gasteiger partial charge in [0.2, 0.25) is 0 Å². The van der Waals surface area contributed by atoms with Gasteiger partial charge in [-0.25, -0.2) is 4.39 Å². The van der Waals surface area contributed by atoms with Crippen molar-refractivity contribution >= 4 is 0 Å². The van der Waals surface area contributed by atoms with Gasteiger partial charge < -0.3 is 5.32 Å². The Labute approximate surface area is 120 Å². The van der Waals surface area contributed by atoms with E-state index in [2.05, 4.69) is 38.2 Å². The Hall–Kier alpha value is -1.67. The van der Waals surface area contributed by atoms with Crippen LogP contribution in [-0.2, 0) is 12.0 Å².